The standard InChI is InChI=1S/C25H23ClN4O5/c1-3-18(21-22(31)29-25(34)30(23(21)32)16-10-8-15(26)9-11-16)28-20(24(33)35-2)12-14-13-27-19-7-5-4-6-17(14)19/h4-11,13,20,27,32H,3,12H2,1-2H3,(H,29,31,34)/t20-/m1/s1. The van der Waals surface area contributed by atoms with Crippen LogP contribution in [0.4, 0.5) is 0 Å². The number of halogens is 1. The van der Waals surface area contributed by atoms with E-state index in [4.69, 9.17) is 16.3 Å². The smallest absolute Gasteiger partial charge is 0.335 e. The van der Waals surface area contributed by atoms with Crippen LogP contribution >= 0.6 is 11.6 Å². The van der Waals surface area contributed by atoms with Crippen molar-refractivity contribution in [3.63, 3.8) is 0 Å². The number of carbonyl (C=O) groups excluding carboxylic acids is 1. The summed E-state index contributed by atoms with van der Waals surface area (Å²) in [5.74, 6) is -1.18. The second-order valence-corrected chi connectivity index (χ2v) is 8.24. The van der Waals surface area contributed by atoms with Gasteiger partial charge in [0.15, 0.2) is 6.04 Å². The number of nitrogens with zero attached hydrogens (tertiary/aromatic N) is 2. The Hall–Kier alpha value is -4.11. The van der Waals surface area contributed by atoms with Gasteiger partial charge in [-0.15, -0.1) is 0 Å². The van der Waals surface area contributed by atoms with Crippen LogP contribution in [0.3, 0.4) is 0 Å². The average Bonchev–Trinajstić information content (AvgIpc) is 3.26. The zero-order valence-electron chi connectivity index (χ0n) is 19.0. The van der Waals surface area contributed by atoms with Crippen LogP contribution in [0.15, 0.2) is 69.3 Å². The highest BCUT2D eigenvalue weighted by Gasteiger charge is 2.25. The lowest BCUT2D eigenvalue weighted by molar-refractivity contribution is -0.142. The van der Waals surface area contributed by atoms with Gasteiger partial charge in [0, 0.05) is 28.5 Å². The quantitative estimate of drug-likeness (QED) is 0.268. The van der Waals surface area contributed by atoms with Crippen LogP contribution in [-0.4, -0.2) is 44.5 Å². The van der Waals surface area contributed by atoms with Crippen molar-refractivity contribution in [3.8, 4) is 11.6 Å². The van der Waals surface area contributed by atoms with Gasteiger partial charge in [0.25, 0.3) is 5.56 Å². The van der Waals surface area contributed by atoms with Gasteiger partial charge in [0.1, 0.15) is 5.56 Å². The Bertz CT molecular complexity index is 1530. The van der Waals surface area contributed by atoms with Crippen molar-refractivity contribution in [2.45, 2.75) is 25.8 Å². The summed E-state index contributed by atoms with van der Waals surface area (Å²) in [5, 5.41) is 12.4. The van der Waals surface area contributed by atoms with Crippen molar-refractivity contribution in [2.24, 2.45) is 4.99 Å². The van der Waals surface area contributed by atoms with E-state index >= 15 is 0 Å². The zero-order chi connectivity index (χ0) is 25.1. The van der Waals surface area contributed by atoms with Crippen molar-refractivity contribution in [1.82, 2.24) is 14.5 Å². The maximum Gasteiger partial charge on any atom is 0.335 e. The van der Waals surface area contributed by atoms with Crippen LogP contribution in [-0.2, 0) is 16.0 Å². The predicted molar refractivity (Wildman–Crippen MR) is 134 cm³/mol. The highest BCUT2D eigenvalue weighted by molar-refractivity contribution is 6.30. The number of fused-ring (bicyclic) bond motifs is 1. The number of esters is 1. The van der Waals surface area contributed by atoms with E-state index in [9.17, 15) is 19.5 Å². The minimum atomic E-state index is -0.983. The van der Waals surface area contributed by atoms with Gasteiger partial charge >= 0.3 is 11.7 Å². The van der Waals surface area contributed by atoms with E-state index in [0.717, 1.165) is 21.0 Å². The molecule has 3 N–H and O–H groups in total. The van der Waals surface area contributed by atoms with Crippen molar-refractivity contribution in [1.29, 1.82) is 0 Å². The monoisotopic (exact) mass is 494 g/mol. The molecule has 10 heteroatoms. The third kappa shape index (κ3) is 4.76. The van der Waals surface area contributed by atoms with Gasteiger partial charge in [-0.3, -0.25) is 14.8 Å². The van der Waals surface area contributed by atoms with Gasteiger partial charge in [-0.25, -0.2) is 14.2 Å². The summed E-state index contributed by atoms with van der Waals surface area (Å²) < 4.78 is 5.92. The summed E-state index contributed by atoms with van der Waals surface area (Å²) in [5.41, 5.74) is 0.380. The Morgan fingerprint density at radius 1 is 1.17 bits per heavy atom. The number of nitrogens with one attached hydrogen (secondary N) is 2. The van der Waals surface area contributed by atoms with E-state index in [-0.39, 0.29) is 24.1 Å². The number of hydrogen-bond acceptors (Lipinski definition) is 6. The number of H-pyrrole nitrogens is 2. The lowest BCUT2D eigenvalue weighted by Gasteiger charge is -2.15. The van der Waals surface area contributed by atoms with Gasteiger partial charge in [-0.1, -0.05) is 36.7 Å². The molecule has 4 aromatic rings. The molecule has 0 saturated carbocycles. The molecule has 0 aliphatic carbocycles. The second kappa shape index (κ2) is 10.0. The Morgan fingerprint density at radius 2 is 1.89 bits per heavy atom. The maximum absolute atomic E-state index is 12.8. The average molecular weight is 495 g/mol. The van der Waals surface area contributed by atoms with Crippen molar-refractivity contribution in [3.05, 3.63) is 91.7 Å². The number of aliphatic imine (C=N–C) groups is 1. The number of methoxy groups -OCH3 is 1. The Labute approximate surface area is 204 Å². The van der Waals surface area contributed by atoms with E-state index in [2.05, 4.69) is 15.0 Å². The summed E-state index contributed by atoms with van der Waals surface area (Å²) in [4.78, 5) is 47.8. The molecule has 35 heavy (non-hydrogen) atoms. The van der Waals surface area contributed by atoms with Crippen molar-refractivity contribution >= 4 is 34.2 Å². The summed E-state index contributed by atoms with van der Waals surface area (Å²) in [7, 11) is 1.26. The molecule has 0 bridgehead atoms. The largest absolute Gasteiger partial charge is 0.493 e. The van der Waals surface area contributed by atoms with Gasteiger partial charge in [0.05, 0.1) is 18.5 Å². The lowest BCUT2D eigenvalue weighted by atomic mass is 10.0. The molecule has 0 amide bonds. The number of aromatic nitrogens is 3. The van der Waals surface area contributed by atoms with Gasteiger partial charge in [0.2, 0.25) is 5.88 Å². The minimum absolute atomic E-state index is 0.154. The van der Waals surface area contributed by atoms with Crippen molar-refractivity contribution < 1.29 is 14.6 Å². The number of ether oxygens (including phenoxy) is 1. The molecule has 0 radical (unpaired) electrons. The van der Waals surface area contributed by atoms with Gasteiger partial charge in [-0.05, 0) is 42.3 Å². The van der Waals surface area contributed by atoms with Crippen LogP contribution < -0.4 is 11.2 Å². The molecule has 0 spiro atoms. The fourth-order valence-corrected chi connectivity index (χ4v) is 4.09. The summed E-state index contributed by atoms with van der Waals surface area (Å²) >= 11 is 5.93. The van der Waals surface area contributed by atoms with Gasteiger partial charge in [-0.2, -0.15) is 0 Å². The topological polar surface area (TPSA) is 130 Å². The summed E-state index contributed by atoms with van der Waals surface area (Å²) in [6.45, 7) is 1.73. The van der Waals surface area contributed by atoms with Crippen molar-refractivity contribution in [2.75, 3.05) is 7.11 Å². The van der Waals surface area contributed by atoms with Crippen LogP contribution in [0.25, 0.3) is 16.6 Å². The maximum atomic E-state index is 12.8. The van der Waals surface area contributed by atoms with Crippen LogP contribution in [0.5, 0.6) is 5.88 Å². The van der Waals surface area contributed by atoms with Crippen LogP contribution in [0.1, 0.15) is 24.5 Å². The molecule has 0 aliphatic heterocycles. The summed E-state index contributed by atoms with van der Waals surface area (Å²) in [6.07, 6.45) is 2.21. The van der Waals surface area contributed by atoms with E-state index in [1.54, 1.807) is 25.3 Å². The lowest BCUT2D eigenvalue weighted by Crippen LogP contribution is -2.34. The molecule has 0 unspecified atom stereocenters. The number of carbonyl (C=O) groups is 1. The molecule has 4 rings (SSSR count). The first-order chi connectivity index (χ1) is 16.8. The Kier molecular flexibility index (Phi) is 6.88. The Morgan fingerprint density at radius 3 is 2.57 bits per heavy atom. The van der Waals surface area contributed by atoms with Crippen LogP contribution in [0.2, 0.25) is 5.02 Å². The van der Waals surface area contributed by atoms with Gasteiger partial charge < -0.3 is 14.8 Å². The SMILES string of the molecule is CCC(=N[C@H](Cc1c[nH]c2ccccc12)C(=O)OC)c1c(O)n(-c2ccc(Cl)cc2)c(=O)[nH]c1=O. The minimum Gasteiger partial charge on any atom is -0.493 e. The Balaban J connectivity index is 1.82. The first-order valence-electron chi connectivity index (χ1n) is 10.9. The highest BCUT2D eigenvalue weighted by Crippen LogP contribution is 2.23. The third-order valence-corrected chi connectivity index (χ3v) is 5.92. The van der Waals surface area contributed by atoms with Crippen LogP contribution in [0, 0.1) is 0 Å². The van der Waals surface area contributed by atoms with E-state index in [0.29, 0.717) is 10.7 Å². The number of benzene rings is 2. The molecular weight excluding hydrogens is 472 g/mol. The fraction of sp³-hybridized carbons (Fsp3) is 0.200. The third-order valence-electron chi connectivity index (χ3n) is 5.67. The van der Waals surface area contributed by atoms with E-state index in [1.807, 2.05) is 24.3 Å². The molecular formula is C25H23ClN4O5. The molecule has 9 nitrogen and oxygen atoms in total. The number of aromatic hydroxyl groups is 1. The molecule has 0 saturated heterocycles. The number of para-hydroxylation sites is 1. The second-order valence-electron chi connectivity index (χ2n) is 7.80. The number of hydrogen-bond donors (Lipinski definition) is 3. The molecule has 180 valence electrons. The highest BCUT2D eigenvalue weighted by atomic mass is 35.5. The predicted octanol–water partition coefficient (Wildman–Crippen LogP) is 3.35. The summed E-state index contributed by atoms with van der Waals surface area (Å²) in [6, 6.07) is 12.8. The molecule has 0 fully saturated rings. The number of rotatable bonds is 7. The molecule has 2 aromatic heterocycles. The molecule has 0 aliphatic rings. The molecule has 2 heterocycles. The normalized spacial score (nSPS) is 12.6. The van der Waals surface area contributed by atoms with E-state index in [1.165, 1.54) is 19.2 Å². The zero-order valence-corrected chi connectivity index (χ0v) is 19.8. The molecule has 1 atom stereocenters. The number of aromatic amines is 2. The first kappa shape index (κ1) is 24.0. The first-order valence-corrected chi connectivity index (χ1v) is 11.3. The fourth-order valence-electron chi connectivity index (χ4n) is 3.96. The van der Waals surface area contributed by atoms with E-state index < -0.39 is 29.1 Å². The molecule has 2 aromatic carbocycles.